The van der Waals surface area contributed by atoms with Crippen LogP contribution >= 0.6 is 0 Å². The number of H-pyrrole nitrogens is 1. The summed E-state index contributed by atoms with van der Waals surface area (Å²) in [6, 6.07) is 17.8. The summed E-state index contributed by atoms with van der Waals surface area (Å²) in [4.78, 5) is 14.9. The number of ether oxygens (including phenoxy) is 1. The highest BCUT2D eigenvalue weighted by Crippen LogP contribution is 2.12. The molecule has 26 heavy (non-hydrogen) atoms. The van der Waals surface area contributed by atoms with Gasteiger partial charge in [-0.3, -0.25) is 5.43 Å². The van der Waals surface area contributed by atoms with Crippen molar-refractivity contribution in [2.45, 2.75) is 13.3 Å². The van der Waals surface area contributed by atoms with E-state index in [1.165, 1.54) is 5.56 Å². The number of aryl methyl sites for hydroxylation is 1. The Morgan fingerprint density at radius 1 is 1.15 bits per heavy atom. The summed E-state index contributed by atoms with van der Waals surface area (Å²) in [7, 11) is 0. The van der Waals surface area contributed by atoms with E-state index in [9.17, 15) is 4.79 Å². The molecule has 0 saturated heterocycles. The first-order chi connectivity index (χ1) is 12.7. The molecule has 0 fully saturated rings. The van der Waals surface area contributed by atoms with Crippen LogP contribution in [0.15, 0.2) is 64.5 Å². The van der Waals surface area contributed by atoms with Gasteiger partial charge in [-0.05, 0) is 42.3 Å². The quantitative estimate of drug-likeness (QED) is 0.505. The minimum absolute atomic E-state index is 0.325. The number of hydrogen-bond donors (Lipinski definition) is 2. The van der Waals surface area contributed by atoms with Gasteiger partial charge in [0.25, 0.3) is 0 Å². The van der Waals surface area contributed by atoms with Crippen LogP contribution in [0.1, 0.15) is 16.8 Å². The van der Waals surface area contributed by atoms with Crippen molar-refractivity contribution in [2.75, 3.05) is 12.0 Å². The van der Waals surface area contributed by atoms with Crippen LogP contribution in [0.2, 0.25) is 0 Å². The van der Waals surface area contributed by atoms with E-state index >= 15 is 0 Å². The number of benzene rings is 2. The SMILES string of the molecule is Cc1n[nH]c(=O)nc1N/N=C/c1ccc(OCCc2ccccc2)cc1. The summed E-state index contributed by atoms with van der Waals surface area (Å²) in [5, 5.41) is 10.1. The van der Waals surface area contributed by atoms with Gasteiger partial charge in [-0.15, -0.1) is 0 Å². The number of aromatic nitrogens is 3. The van der Waals surface area contributed by atoms with Crippen molar-refractivity contribution in [3.8, 4) is 5.75 Å². The van der Waals surface area contributed by atoms with Gasteiger partial charge in [-0.25, -0.2) is 9.89 Å². The van der Waals surface area contributed by atoms with Crippen LogP contribution in [0.3, 0.4) is 0 Å². The molecule has 0 atom stereocenters. The Morgan fingerprint density at radius 3 is 2.69 bits per heavy atom. The Morgan fingerprint density at radius 2 is 1.92 bits per heavy atom. The fourth-order valence-electron chi connectivity index (χ4n) is 2.25. The van der Waals surface area contributed by atoms with Crippen LogP contribution in [0.4, 0.5) is 5.82 Å². The molecule has 0 radical (unpaired) electrons. The molecule has 0 spiro atoms. The first-order valence-electron chi connectivity index (χ1n) is 8.20. The number of rotatable bonds is 7. The van der Waals surface area contributed by atoms with Crippen LogP contribution in [0.5, 0.6) is 5.75 Å². The van der Waals surface area contributed by atoms with E-state index in [0.29, 0.717) is 18.1 Å². The van der Waals surface area contributed by atoms with Crippen molar-refractivity contribution in [1.82, 2.24) is 15.2 Å². The summed E-state index contributed by atoms with van der Waals surface area (Å²) in [6.07, 6.45) is 2.50. The van der Waals surface area contributed by atoms with Gasteiger partial charge in [-0.2, -0.15) is 15.2 Å². The summed E-state index contributed by atoms with van der Waals surface area (Å²) in [6.45, 7) is 2.35. The molecular weight excluding hydrogens is 330 g/mol. The molecule has 1 heterocycles. The number of hydrazone groups is 1. The lowest BCUT2D eigenvalue weighted by molar-refractivity contribution is 0.322. The van der Waals surface area contributed by atoms with Crippen molar-refractivity contribution in [3.63, 3.8) is 0 Å². The third-order valence-corrected chi connectivity index (χ3v) is 3.64. The molecule has 0 aliphatic heterocycles. The highest BCUT2D eigenvalue weighted by molar-refractivity contribution is 5.80. The van der Waals surface area contributed by atoms with Crippen LogP contribution in [-0.2, 0) is 6.42 Å². The maximum atomic E-state index is 11.2. The lowest BCUT2D eigenvalue weighted by Gasteiger charge is -2.06. The van der Waals surface area contributed by atoms with E-state index in [0.717, 1.165) is 17.7 Å². The zero-order valence-corrected chi connectivity index (χ0v) is 14.3. The largest absolute Gasteiger partial charge is 0.493 e. The van der Waals surface area contributed by atoms with Gasteiger partial charge in [0.1, 0.15) is 11.4 Å². The van der Waals surface area contributed by atoms with Crippen molar-refractivity contribution in [1.29, 1.82) is 0 Å². The third-order valence-electron chi connectivity index (χ3n) is 3.64. The lowest BCUT2D eigenvalue weighted by Crippen LogP contribution is -2.15. The highest BCUT2D eigenvalue weighted by atomic mass is 16.5. The molecule has 3 rings (SSSR count). The standard InChI is InChI=1S/C19H19N5O2/c1-14-18(21-19(25)24-22-14)23-20-13-16-7-9-17(10-8-16)26-12-11-15-5-3-2-4-6-15/h2-10,13H,11-12H2,1H3,(H2,21,23,24,25)/b20-13+. The molecule has 2 N–H and O–H groups in total. The van der Waals surface area contributed by atoms with E-state index in [1.54, 1.807) is 13.1 Å². The van der Waals surface area contributed by atoms with Crippen LogP contribution in [0.25, 0.3) is 0 Å². The second-order valence-electron chi connectivity index (χ2n) is 5.60. The van der Waals surface area contributed by atoms with Crippen molar-refractivity contribution >= 4 is 12.0 Å². The third kappa shape index (κ3) is 5.01. The topological polar surface area (TPSA) is 92.3 Å². The number of hydrogen-bond acceptors (Lipinski definition) is 6. The minimum Gasteiger partial charge on any atom is -0.493 e. The maximum absolute atomic E-state index is 11.2. The Kier molecular flexibility index (Phi) is 5.72. The summed E-state index contributed by atoms with van der Waals surface area (Å²) < 4.78 is 5.75. The summed E-state index contributed by atoms with van der Waals surface area (Å²) in [5.74, 6) is 1.13. The average molecular weight is 349 g/mol. The van der Waals surface area contributed by atoms with Gasteiger partial charge in [-0.1, -0.05) is 30.3 Å². The second kappa shape index (κ2) is 8.57. The van der Waals surface area contributed by atoms with Crippen molar-refractivity contribution < 1.29 is 4.74 Å². The molecule has 2 aromatic carbocycles. The maximum Gasteiger partial charge on any atom is 0.363 e. The lowest BCUT2D eigenvalue weighted by atomic mass is 10.2. The van der Waals surface area contributed by atoms with Gasteiger partial charge in [0.15, 0.2) is 5.82 Å². The number of aromatic amines is 1. The first kappa shape index (κ1) is 17.3. The van der Waals surface area contributed by atoms with Gasteiger partial charge >= 0.3 is 5.69 Å². The van der Waals surface area contributed by atoms with Crippen molar-refractivity contribution in [2.24, 2.45) is 5.10 Å². The zero-order valence-electron chi connectivity index (χ0n) is 14.3. The molecule has 3 aromatic rings. The fourth-order valence-corrected chi connectivity index (χ4v) is 2.25. The normalized spacial score (nSPS) is 10.8. The molecule has 7 heteroatoms. The Balaban J connectivity index is 1.51. The number of anilines is 1. The molecule has 132 valence electrons. The monoisotopic (exact) mass is 349 g/mol. The summed E-state index contributed by atoms with van der Waals surface area (Å²) in [5.41, 5.74) is 4.89. The van der Waals surface area contributed by atoms with Crippen LogP contribution in [-0.4, -0.2) is 28.0 Å². The van der Waals surface area contributed by atoms with Crippen molar-refractivity contribution in [3.05, 3.63) is 81.9 Å². The number of nitrogens with one attached hydrogen (secondary N) is 2. The minimum atomic E-state index is -0.523. The number of nitrogens with zero attached hydrogens (tertiary/aromatic N) is 3. The zero-order chi connectivity index (χ0) is 18.2. The Hall–Kier alpha value is -3.48. The highest BCUT2D eigenvalue weighted by Gasteiger charge is 2.00. The smallest absolute Gasteiger partial charge is 0.363 e. The molecule has 0 amide bonds. The molecule has 7 nitrogen and oxygen atoms in total. The molecule has 0 aliphatic rings. The molecule has 0 saturated carbocycles. The van der Waals surface area contributed by atoms with Crippen LogP contribution in [0, 0.1) is 6.92 Å². The molecule has 1 aromatic heterocycles. The summed E-state index contributed by atoms with van der Waals surface area (Å²) >= 11 is 0. The first-order valence-corrected chi connectivity index (χ1v) is 8.20. The van der Waals surface area contributed by atoms with E-state index in [2.05, 4.69) is 37.8 Å². The van der Waals surface area contributed by atoms with E-state index < -0.39 is 5.69 Å². The molecule has 0 bridgehead atoms. The van der Waals surface area contributed by atoms with Gasteiger partial charge in [0.2, 0.25) is 0 Å². The molecule has 0 unspecified atom stereocenters. The van der Waals surface area contributed by atoms with E-state index in [1.807, 2.05) is 42.5 Å². The molecular formula is C19H19N5O2. The predicted molar refractivity (Wildman–Crippen MR) is 101 cm³/mol. The fraction of sp³-hybridized carbons (Fsp3) is 0.158. The second-order valence-corrected chi connectivity index (χ2v) is 5.60. The van der Waals surface area contributed by atoms with Crippen LogP contribution < -0.4 is 15.9 Å². The van der Waals surface area contributed by atoms with Gasteiger partial charge in [0, 0.05) is 6.42 Å². The van der Waals surface area contributed by atoms with E-state index in [-0.39, 0.29) is 0 Å². The molecule has 0 aliphatic carbocycles. The van der Waals surface area contributed by atoms with E-state index in [4.69, 9.17) is 4.74 Å². The van der Waals surface area contributed by atoms with Gasteiger partial charge < -0.3 is 4.74 Å². The average Bonchev–Trinajstić information content (AvgIpc) is 2.67. The predicted octanol–water partition coefficient (Wildman–Crippen LogP) is 2.54. The Bertz CT molecular complexity index is 921. The Labute approximate surface area is 150 Å². The van der Waals surface area contributed by atoms with Gasteiger partial charge in [0.05, 0.1) is 12.8 Å².